The molecule has 0 aliphatic carbocycles. The molecule has 3 amide bonds. The van der Waals surface area contributed by atoms with Crippen LogP contribution in [-0.4, -0.2) is 50.8 Å². The second kappa shape index (κ2) is 6.06. The molecule has 82 valence electrons. The van der Waals surface area contributed by atoms with Crippen LogP contribution >= 0.6 is 0 Å². The first-order chi connectivity index (χ1) is 6.51. The van der Waals surface area contributed by atoms with E-state index in [2.05, 4.69) is 10.6 Å². The van der Waals surface area contributed by atoms with Gasteiger partial charge in [0.2, 0.25) is 0 Å². The zero-order valence-corrected chi connectivity index (χ0v) is 8.96. The molecule has 0 rings (SSSR count). The van der Waals surface area contributed by atoms with Gasteiger partial charge in [-0.3, -0.25) is 0 Å². The summed E-state index contributed by atoms with van der Waals surface area (Å²) in [5.41, 5.74) is 0. The molecule has 2 N–H and O–H groups in total. The Morgan fingerprint density at radius 1 is 1.36 bits per heavy atom. The minimum absolute atomic E-state index is 0.211. The van der Waals surface area contributed by atoms with Crippen LogP contribution in [0.4, 0.5) is 9.59 Å². The zero-order valence-electron chi connectivity index (χ0n) is 8.96. The maximum Gasteiger partial charge on any atom is 0.407 e. The van der Waals surface area contributed by atoms with Gasteiger partial charge in [0.1, 0.15) is 6.10 Å². The third-order valence-corrected chi connectivity index (χ3v) is 1.60. The molecule has 0 saturated heterocycles. The van der Waals surface area contributed by atoms with E-state index in [0.717, 1.165) is 0 Å². The SMILES string of the molecule is CNC(=O)OC(C)CN(C)C(=O)NC. The van der Waals surface area contributed by atoms with Crippen molar-refractivity contribution in [1.29, 1.82) is 0 Å². The molecule has 0 aliphatic rings. The number of alkyl carbamates (subject to hydrolysis) is 1. The third-order valence-electron chi connectivity index (χ3n) is 1.60. The summed E-state index contributed by atoms with van der Waals surface area (Å²) in [4.78, 5) is 23.3. The number of nitrogens with zero attached hydrogens (tertiary/aromatic N) is 1. The Balaban J connectivity index is 3.87. The first kappa shape index (κ1) is 12.5. The zero-order chi connectivity index (χ0) is 11.1. The molecule has 0 aromatic carbocycles. The lowest BCUT2D eigenvalue weighted by Crippen LogP contribution is -2.40. The second-order valence-corrected chi connectivity index (χ2v) is 2.90. The van der Waals surface area contributed by atoms with E-state index in [1.165, 1.54) is 11.9 Å². The maximum atomic E-state index is 11.1. The lowest BCUT2D eigenvalue weighted by atomic mass is 10.4. The van der Waals surface area contributed by atoms with Crippen LogP contribution in [-0.2, 0) is 4.74 Å². The van der Waals surface area contributed by atoms with Crippen molar-refractivity contribution in [2.45, 2.75) is 13.0 Å². The number of hydrogen-bond donors (Lipinski definition) is 2. The van der Waals surface area contributed by atoms with Gasteiger partial charge in [-0.15, -0.1) is 0 Å². The number of nitrogens with one attached hydrogen (secondary N) is 2. The van der Waals surface area contributed by atoms with Crippen molar-refractivity contribution in [3.63, 3.8) is 0 Å². The summed E-state index contributed by atoms with van der Waals surface area (Å²) in [7, 11) is 4.66. The normalized spacial score (nSPS) is 11.4. The molecule has 0 saturated carbocycles. The van der Waals surface area contributed by atoms with E-state index in [9.17, 15) is 9.59 Å². The number of rotatable bonds is 3. The highest BCUT2D eigenvalue weighted by atomic mass is 16.6. The highest BCUT2D eigenvalue weighted by Crippen LogP contribution is 1.95. The lowest BCUT2D eigenvalue weighted by molar-refractivity contribution is 0.0921. The number of amides is 3. The molecule has 0 spiro atoms. The van der Waals surface area contributed by atoms with E-state index in [1.807, 2.05) is 0 Å². The Morgan fingerprint density at radius 3 is 2.36 bits per heavy atom. The number of ether oxygens (including phenoxy) is 1. The van der Waals surface area contributed by atoms with E-state index in [0.29, 0.717) is 6.54 Å². The van der Waals surface area contributed by atoms with Gasteiger partial charge < -0.3 is 20.3 Å². The first-order valence-corrected chi connectivity index (χ1v) is 4.32. The minimum atomic E-state index is -0.497. The molecule has 1 unspecified atom stereocenters. The maximum absolute atomic E-state index is 11.1. The summed E-state index contributed by atoms with van der Waals surface area (Å²) in [6, 6.07) is -0.211. The van der Waals surface area contributed by atoms with Crippen LogP contribution in [0, 0.1) is 0 Å². The smallest absolute Gasteiger partial charge is 0.407 e. The van der Waals surface area contributed by atoms with E-state index < -0.39 is 6.09 Å². The van der Waals surface area contributed by atoms with Gasteiger partial charge in [0.15, 0.2) is 0 Å². The third kappa shape index (κ3) is 4.54. The van der Waals surface area contributed by atoms with Crippen molar-refractivity contribution < 1.29 is 14.3 Å². The van der Waals surface area contributed by atoms with Gasteiger partial charge in [0.25, 0.3) is 0 Å². The molecule has 0 aromatic heterocycles. The number of carbonyl (C=O) groups excluding carboxylic acids is 2. The van der Waals surface area contributed by atoms with Gasteiger partial charge >= 0.3 is 12.1 Å². The molecular weight excluding hydrogens is 186 g/mol. The molecule has 6 heteroatoms. The van der Waals surface area contributed by atoms with E-state index >= 15 is 0 Å². The lowest BCUT2D eigenvalue weighted by Gasteiger charge is -2.20. The van der Waals surface area contributed by atoms with Crippen LogP contribution in [0.3, 0.4) is 0 Å². The van der Waals surface area contributed by atoms with Crippen LogP contribution in [0.1, 0.15) is 6.92 Å². The average molecular weight is 203 g/mol. The number of likely N-dealkylation sites (N-methyl/N-ethyl adjacent to an activating group) is 1. The molecule has 14 heavy (non-hydrogen) atoms. The van der Waals surface area contributed by atoms with Crippen LogP contribution in [0.2, 0.25) is 0 Å². The van der Waals surface area contributed by atoms with Gasteiger partial charge in [0, 0.05) is 21.1 Å². The van der Waals surface area contributed by atoms with Crippen LogP contribution in [0.25, 0.3) is 0 Å². The Hall–Kier alpha value is -1.46. The van der Waals surface area contributed by atoms with Crippen molar-refractivity contribution >= 4 is 12.1 Å². The topological polar surface area (TPSA) is 70.7 Å². The predicted molar refractivity (Wildman–Crippen MR) is 52.1 cm³/mol. The van der Waals surface area contributed by atoms with Gasteiger partial charge in [0.05, 0.1) is 6.54 Å². The van der Waals surface area contributed by atoms with Gasteiger partial charge in [-0.25, -0.2) is 9.59 Å². The van der Waals surface area contributed by atoms with Crippen molar-refractivity contribution in [2.24, 2.45) is 0 Å². The minimum Gasteiger partial charge on any atom is -0.445 e. The summed E-state index contributed by atoms with van der Waals surface area (Å²) < 4.78 is 4.89. The van der Waals surface area contributed by atoms with Crippen LogP contribution < -0.4 is 10.6 Å². The largest absolute Gasteiger partial charge is 0.445 e. The summed E-state index contributed by atoms with van der Waals surface area (Å²) in [5, 5.41) is 4.80. The summed E-state index contributed by atoms with van der Waals surface area (Å²) in [6.07, 6.45) is -0.833. The van der Waals surface area contributed by atoms with Crippen LogP contribution in [0.15, 0.2) is 0 Å². The standard InChI is InChI=1S/C8H17N3O3/c1-6(14-8(13)10-3)5-11(4)7(12)9-2/h6H,5H2,1-4H3,(H,9,12)(H,10,13). The fourth-order valence-electron chi connectivity index (χ4n) is 0.938. The second-order valence-electron chi connectivity index (χ2n) is 2.90. The molecule has 0 aromatic rings. The average Bonchev–Trinajstić information content (AvgIpc) is 2.15. The Morgan fingerprint density at radius 2 is 1.93 bits per heavy atom. The fraction of sp³-hybridized carbons (Fsp3) is 0.750. The quantitative estimate of drug-likeness (QED) is 0.678. The van der Waals surface area contributed by atoms with Crippen molar-refractivity contribution in [2.75, 3.05) is 27.7 Å². The summed E-state index contributed by atoms with van der Waals surface area (Å²) >= 11 is 0. The van der Waals surface area contributed by atoms with Gasteiger partial charge in [-0.05, 0) is 6.92 Å². The molecule has 1 atom stereocenters. The molecule has 0 bridgehead atoms. The Kier molecular flexibility index (Phi) is 5.43. The number of hydrogen-bond acceptors (Lipinski definition) is 3. The van der Waals surface area contributed by atoms with Gasteiger partial charge in [-0.2, -0.15) is 0 Å². The van der Waals surface area contributed by atoms with Crippen LogP contribution in [0.5, 0.6) is 0 Å². The molecule has 0 radical (unpaired) electrons. The highest BCUT2D eigenvalue weighted by Gasteiger charge is 2.13. The molecule has 0 aliphatic heterocycles. The van der Waals surface area contributed by atoms with E-state index in [4.69, 9.17) is 4.74 Å². The summed E-state index contributed by atoms with van der Waals surface area (Å²) in [5.74, 6) is 0. The number of urea groups is 1. The molecular formula is C8H17N3O3. The molecule has 0 heterocycles. The highest BCUT2D eigenvalue weighted by molar-refractivity contribution is 5.73. The Labute approximate surface area is 83.6 Å². The first-order valence-electron chi connectivity index (χ1n) is 4.32. The monoisotopic (exact) mass is 203 g/mol. The van der Waals surface area contributed by atoms with E-state index in [1.54, 1.807) is 21.0 Å². The van der Waals surface area contributed by atoms with E-state index in [-0.39, 0.29) is 12.1 Å². The molecule has 0 fully saturated rings. The predicted octanol–water partition coefficient (Wildman–Crippen LogP) is 0.00210. The fourth-order valence-corrected chi connectivity index (χ4v) is 0.938. The van der Waals surface area contributed by atoms with Crippen molar-refractivity contribution in [3.05, 3.63) is 0 Å². The Bertz CT molecular complexity index is 208. The summed E-state index contributed by atoms with van der Waals surface area (Å²) in [6.45, 7) is 2.07. The van der Waals surface area contributed by atoms with Crippen molar-refractivity contribution in [3.8, 4) is 0 Å². The number of carbonyl (C=O) groups is 2. The van der Waals surface area contributed by atoms with Crippen molar-refractivity contribution in [1.82, 2.24) is 15.5 Å². The van der Waals surface area contributed by atoms with Gasteiger partial charge in [-0.1, -0.05) is 0 Å². The molecule has 6 nitrogen and oxygen atoms in total.